The van der Waals surface area contributed by atoms with E-state index in [-0.39, 0.29) is 0 Å². The highest BCUT2D eigenvalue weighted by atomic mass is 16.5. The predicted octanol–water partition coefficient (Wildman–Crippen LogP) is 2.30. The second kappa shape index (κ2) is 4.69. The van der Waals surface area contributed by atoms with Crippen molar-refractivity contribution in [2.24, 2.45) is 0 Å². The van der Waals surface area contributed by atoms with Gasteiger partial charge in [-0.15, -0.1) is 0 Å². The normalized spacial score (nSPS) is 23.9. The Balaban J connectivity index is 1.85. The molecule has 0 atom stereocenters. The topological polar surface area (TPSA) is 71.9 Å². The number of nitriles is 1. The lowest BCUT2D eigenvalue weighted by atomic mass is 9.81. The molecule has 2 heterocycles. The molecular weight excluding hydrogens is 230 g/mol. The average molecular weight is 247 g/mol. The van der Waals surface area contributed by atoms with Gasteiger partial charge in [-0.1, -0.05) is 18.0 Å². The van der Waals surface area contributed by atoms with E-state index in [1.807, 2.05) is 0 Å². The summed E-state index contributed by atoms with van der Waals surface area (Å²) in [6, 6.07) is 2.36. The Hall–Kier alpha value is -1.41. The number of hydrogen-bond acceptors (Lipinski definition) is 5. The molecule has 1 aliphatic carbocycles. The van der Waals surface area contributed by atoms with E-state index in [2.05, 4.69) is 16.2 Å². The van der Waals surface area contributed by atoms with E-state index in [0.29, 0.717) is 37.9 Å². The smallest absolute Gasteiger partial charge is 0.247 e. The molecule has 5 heteroatoms. The van der Waals surface area contributed by atoms with E-state index in [4.69, 9.17) is 9.26 Å². The molecule has 3 rings (SSSR count). The van der Waals surface area contributed by atoms with E-state index >= 15 is 0 Å². The van der Waals surface area contributed by atoms with Gasteiger partial charge in [0, 0.05) is 19.1 Å². The SMILES string of the molecule is N#CC1(c2nc(C3CCCC3)no2)CCOCC1. The molecule has 1 saturated carbocycles. The highest BCUT2D eigenvalue weighted by molar-refractivity contribution is 5.19. The number of hydrogen-bond donors (Lipinski definition) is 0. The molecule has 2 aliphatic rings. The summed E-state index contributed by atoms with van der Waals surface area (Å²) in [6.07, 6.45) is 6.06. The van der Waals surface area contributed by atoms with E-state index in [1.165, 1.54) is 12.8 Å². The summed E-state index contributed by atoms with van der Waals surface area (Å²) in [5.41, 5.74) is -0.623. The van der Waals surface area contributed by atoms with E-state index < -0.39 is 5.41 Å². The minimum Gasteiger partial charge on any atom is -0.381 e. The molecule has 0 spiro atoms. The molecule has 0 N–H and O–H groups in total. The monoisotopic (exact) mass is 247 g/mol. The molecule has 5 nitrogen and oxygen atoms in total. The van der Waals surface area contributed by atoms with Gasteiger partial charge in [0.15, 0.2) is 5.82 Å². The van der Waals surface area contributed by atoms with Crippen LogP contribution in [0.3, 0.4) is 0 Å². The van der Waals surface area contributed by atoms with Gasteiger partial charge in [0.25, 0.3) is 0 Å². The molecule has 0 amide bonds. The minimum atomic E-state index is -0.623. The lowest BCUT2D eigenvalue weighted by molar-refractivity contribution is 0.0574. The van der Waals surface area contributed by atoms with Crippen molar-refractivity contribution in [2.45, 2.75) is 49.9 Å². The highest BCUT2D eigenvalue weighted by Crippen LogP contribution is 2.36. The molecule has 1 aromatic rings. The first-order chi connectivity index (χ1) is 8.84. The summed E-state index contributed by atoms with van der Waals surface area (Å²) in [6.45, 7) is 1.18. The fourth-order valence-electron chi connectivity index (χ4n) is 2.87. The molecule has 18 heavy (non-hydrogen) atoms. The second-order valence-electron chi connectivity index (χ2n) is 5.25. The summed E-state index contributed by atoms with van der Waals surface area (Å²) in [7, 11) is 0. The summed E-state index contributed by atoms with van der Waals surface area (Å²) in [5.74, 6) is 1.72. The Morgan fingerprint density at radius 3 is 2.61 bits per heavy atom. The van der Waals surface area contributed by atoms with Crippen LogP contribution < -0.4 is 0 Å². The lowest BCUT2D eigenvalue weighted by Crippen LogP contribution is -2.32. The summed E-state index contributed by atoms with van der Waals surface area (Å²) >= 11 is 0. The van der Waals surface area contributed by atoms with Crippen LogP contribution in [0.1, 0.15) is 56.2 Å². The van der Waals surface area contributed by atoms with Gasteiger partial charge < -0.3 is 9.26 Å². The number of ether oxygens (including phenoxy) is 1. The Kier molecular flexibility index (Phi) is 3.04. The van der Waals surface area contributed by atoms with Crippen molar-refractivity contribution >= 4 is 0 Å². The van der Waals surface area contributed by atoms with Crippen molar-refractivity contribution in [1.82, 2.24) is 10.1 Å². The fraction of sp³-hybridized carbons (Fsp3) is 0.769. The van der Waals surface area contributed by atoms with Gasteiger partial charge in [0.05, 0.1) is 6.07 Å². The van der Waals surface area contributed by atoms with Crippen LogP contribution >= 0.6 is 0 Å². The van der Waals surface area contributed by atoms with Crippen molar-refractivity contribution < 1.29 is 9.26 Å². The second-order valence-corrected chi connectivity index (χ2v) is 5.25. The van der Waals surface area contributed by atoms with Crippen molar-refractivity contribution in [3.8, 4) is 6.07 Å². The maximum Gasteiger partial charge on any atom is 0.247 e. The Labute approximate surface area is 106 Å². The third kappa shape index (κ3) is 1.91. The molecule has 1 aromatic heterocycles. The number of aromatic nitrogens is 2. The van der Waals surface area contributed by atoms with Crippen molar-refractivity contribution in [3.63, 3.8) is 0 Å². The van der Waals surface area contributed by atoms with Gasteiger partial charge in [-0.2, -0.15) is 10.2 Å². The van der Waals surface area contributed by atoms with E-state index in [1.54, 1.807) is 0 Å². The maximum atomic E-state index is 9.44. The molecule has 0 unspecified atom stereocenters. The van der Waals surface area contributed by atoms with Crippen LogP contribution in [-0.2, 0) is 10.2 Å². The fourth-order valence-corrected chi connectivity index (χ4v) is 2.87. The van der Waals surface area contributed by atoms with Crippen LogP contribution in [0.4, 0.5) is 0 Å². The standard InChI is InChI=1S/C13H17N3O2/c14-9-13(5-7-17-8-6-13)12-15-11(16-18-12)10-3-1-2-4-10/h10H,1-8H2. The Morgan fingerprint density at radius 2 is 1.94 bits per heavy atom. The highest BCUT2D eigenvalue weighted by Gasteiger charge is 2.40. The van der Waals surface area contributed by atoms with Crippen LogP contribution in [0.2, 0.25) is 0 Å². The van der Waals surface area contributed by atoms with E-state index in [0.717, 1.165) is 18.7 Å². The zero-order valence-corrected chi connectivity index (χ0v) is 10.4. The third-order valence-electron chi connectivity index (χ3n) is 4.13. The third-order valence-corrected chi connectivity index (χ3v) is 4.13. The predicted molar refractivity (Wildman–Crippen MR) is 62.9 cm³/mol. The molecule has 0 aromatic carbocycles. The quantitative estimate of drug-likeness (QED) is 0.801. The first kappa shape index (κ1) is 11.7. The summed E-state index contributed by atoms with van der Waals surface area (Å²) in [5, 5.41) is 13.5. The minimum absolute atomic E-state index is 0.429. The zero-order chi connectivity index (χ0) is 12.4. The van der Waals surface area contributed by atoms with Gasteiger partial charge in [0.1, 0.15) is 5.41 Å². The lowest BCUT2D eigenvalue weighted by Gasteiger charge is -2.26. The van der Waals surface area contributed by atoms with Gasteiger partial charge in [-0.05, 0) is 25.7 Å². The molecular formula is C13H17N3O2. The zero-order valence-electron chi connectivity index (χ0n) is 10.4. The Morgan fingerprint density at radius 1 is 1.22 bits per heavy atom. The Bertz CT molecular complexity index is 451. The van der Waals surface area contributed by atoms with Gasteiger partial charge >= 0.3 is 0 Å². The van der Waals surface area contributed by atoms with Gasteiger partial charge in [-0.3, -0.25) is 0 Å². The van der Waals surface area contributed by atoms with Crippen molar-refractivity contribution in [3.05, 3.63) is 11.7 Å². The maximum absolute atomic E-state index is 9.44. The van der Waals surface area contributed by atoms with E-state index in [9.17, 15) is 5.26 Å². The van der Waals surface area contributed by atoms with Crippen molar-refractivity contribution in [2.75, 3.05) is 13.2 Å². The van der Waals surface area contributed by atoms with Crippen LogP contribution in [-0.4, -0.2) is 23.4 Å². The molecule has 96 valence electrons. The number of rotatable bonds is 2. The number of nitrogens with zero attached hydrogens (tertiary/aromatic N) is 3. The van der Waals surface area contributed by atoms with Gasteiger partial charge in [-0.25, -0.2) is 0 Å². The molecule has 1 aliphatic heterocycles. The largest absolute Gasteiger partial charge is 0.381 e. The molecule has 0 bridgehead atoms. The molecule has 0 radical (unpaired) electrons. The van der Waals surface area contributed by atoms with Crippen LogP contribution in [0.15, 0.2) is 4.52 Å². The van der Waals surface area contributed by atoms with Gasteiger partial charge in [0.2, 0.25) is 5.89 Å². The van der Waals surface area contributed by atoms with Crippen LogP contribution in [0.5, 0.6) is 0 Å². The summed E-state index contributed by atoms with van der Waals surface area (Å²) in [4.78, 5) is 4.50. The first-order valence-electron chi connectivity index (χ1n) is 6.67. The average Bonchev–Trinajstić information content (AvgIpc) is 3.10. The van der Waals surface area contributed by atoms with Crippen molar-refractivity contribution in [1.29, 1.82) is 5.26 Å². The van der Waals surface area contributed by atoms with Crippen LogP contribution in [0, 0.1) is 11.3 Å². The molecule has 2 fully saturated rings. The molecule has 1 saturated heterocycles. The first-order valence-corrected chi connectivity index (χ1v) is 6.67. The van der Waals surface area contributed by atoms with Crippen LogP contribution in [0.25, 0.3) is 0 Å². The summed E-state index contributed by atoms with van der Waals surface area (Å²) < 4.78 is 10.7.